The molecule has 2 unspecified atom stereocenters. The molecule has 0 amide bonds. The Hall–Kier alpha value is -2.38. The van der Waals surface area contributed by atoms with E-state index in [4.69, 9.17) is 5.73 Å². The molecule has 0 aliphatic rings. The monoisotopic (exact) mass is 331 g/mol. The summed E-state index contributed by atoms with van der Waals surface area (Å²) >= 11 is 0. The van der Waals surface area contributed by atoms with Crippen LogP contribution in [-0.2, 0) is 6.42 Å². The van der Waals surface area contributed by atoms with E-state index in [0.29, 0.717) is 5.92 Å². The average Bonchev–Trinajstić information content (AvgIpc) is 2.69. The Morgan fingerprint density at radius 2 is 1.08 bits per heavy atom. The standard InChI is InChI=1S/C16H18.C8H11N/c1-14(16-10-6-3-7-11-16)12-13-15-8-4-2-5-9-15;1-7(9)8-5-3-2-4-6-8/h2-11,14H,12-13H2,1H3;2-7H,9H2,1H3. The van der Waals surface area contributed by atoms with Crippen LogP contribution in [0.4, 0.5) is 0 Å². The molecule has 0 radical (unpaired) electrons. The fourth-order valence-corrected chi connectivity index (χ4v) is 2.73. The van der Waals surface area contributed by atoms with Gasteiger partial charge in [0.05, 0.1) is 0 Å². The largest absolute Gasteiger partial charge is 0.324 e. The van der Waals surface area contributed by atoms with Gasteiger partial charge in [-0.25, -0.2) is 0 Å². The van der Waals surface area contributed by atoms with Crippen molar-refractivity contribution in [3.63, 3.8) is 0 Å². The maximum atomic E-state index is 5.61. The Balaban J connectivity index is 0.000000212. The molecule has 3 aromatic carbocycles. The van der Waals surface area contributed by atoms with Gasteiger partial charge in [-0.1, -0.05) is 97.9 Å². The van der Waals surface area contributed by atoms with Crippen LogP contribution >= 0.6 is 0 Å². The molecule has 0 spiro atoms. The lowest BCUT2D eigenvalue weighted by molar-refractivity contribution is 0.679. The molecule has 0 heterocycles. The maximum absolute atomic E-state index is 5.61. The van der Waals surface area contributed by atoms with E-state index in [-0.39, 0.29) is 6.04 Å². The Labute approximate surface area is 152 Å². The molecule has 3 rings (SSSR count). The Bertz CT molecular complexity index is 690. The highest BCUT2D eigenvalue weighted by atomic mass is 14.6. The Morgan fingerprint density at radius 3 is 1.52 bits per heavy atom. The SMILES string of the molecule is CC(CCc1ccccc1)c1ccccc1.CC(N)c1ccccc1. The third-order valence-corrected chi connectivity index (χ3v) is 4.40. The first kappa shape index (κ1) is 19.0. The predicted molar refractivity (Wildman–Crippen MR) is 109 cm³/mol. The van der Waals surface area contributed by atoms with Crippen molar-refractivity contribution < 1.29 is 0 Å². The first-order valence-electron chi connectivity index (χ1n) is 9.06. The smallest absolute Gasteiger partial charge is 0.0266 e. The minimum atomic E-state index is 0.159. The van der Waals surface area contributed by atoms with Crippen LogP contribution in [-0.4, -0.2) is 0 Å². The molecule has 130 valence electrons. The molecule has 0 aliphatic heterocycles. The van der Waals surface area contributed by atoms with Gasteiger partial charge in [0.25, 0.3) is 0 Å². The van der Waals surface area contributed by atoms with Gasteiger partial charge in [0.15, 0.2) is 0 Å². The van der Waals surface area contributed by atoms with Gasteiger partial charge in [0.2, 0.25) is 0 Å². The molecule has 0 aliphatic carbocycles. The van der Waals surface area contributed by atoms with Gasteiger partial charge in [-0.05, 0) is 42.4 Å². The van der Waals surface area contributed by atoms with Crippen LogP contribution < -0.4 is 5.73 Å². The minimum absolute atomic E-state index is 0.159. The summed E-state index contributed by atoms with van der Waals surface area (Å²) in [6, 6.07) is 31.7. The summed E-state index contributed by atoms with van der Waals surface area (Å²) in [5.41, 5.74) is 9.68. The number of benzene rings is 3. The van der Waals surface area contributed by atoms with Crippen LogP contribution in [0.1, 0.15) is 48.9 Å². The molecule has 0 fully saturated rings. The van der Waals surface area contributed by atoms with Crippen LogP contribution in [0.5, 0.6) is 0 Å². The van der Waals surface area contributed by atoms with Crippen molar-refractivity contribution in [2.75, 3.05) is 0 Å². The van der Waals surface area contributed by atoms with Gasteiger partial charge >= 0.3 is 0 Å². The zero-order valence-corrected chi connectivity index (χ0v) is 15.3. The van der Waals surface area contributed by atoms with E-state index in [1.165, 1.54) is 23.1 Å². The van der Waals surface area contributed by atoms with Crippen molar-refractivity contribution >= 4 is 0 Å². The van der Waals surface area contributed by atoms with E-state index in [1.54, 1.807) is 0 Å². The van der Waals surface area contributed by atoms with Gasteiger partial charge in [0.1, 0.15) is 0 Å². The number of hydrogen-bond acceptors (Lipinski definition) is 1. The van der Waals surface area contributed by atoms with Crippen molar-refractivity contribution in [1.82, 2.24) is 0 Å². The summed E-state index contributed by atoms with van der Waals surface area (Å²) < 4.78 is 0. The van der Waals surface area contributed by atoms with Crippen molar-refractivity contribution in [2.24, 2.45) is 5.73 Å². The number of hydrogen-bond donors (Lipinski definition) is 1. The third kappa shape index (κ3) is 6.94. The van der Waals surface area contributed by atoms with Crippen molar-refractivity contribution in [3.05, 3.63) is 108 Å². The summed E-state index contributed by atoms with van der Waals surface area (Å²) in [7, 11) is 0. The normalized spacial score (nSPS) is 12.6. The third-order valence-electron chi connectivity index (χ3n) is 4.40. The van der Waals surface area contributed by atoms with E-state index in [0.717, 1.165) is 6.42 Å². The molecular weight excluding hydrogens is 302 g/mol. The molecular formula is C24H29N. The molecule has 0 bridgehead atoms. The molecule has 0 saturated heterocycles. The molecule has 2 N–H and O–H groups in total. The van der Waals surface area contributed by atoms with Crippen LogP contribution in [0.15, 0.2) is 91.0 Å². The molecule has 1 heteroatoms. The second kappa shape index (κ2) is 10.5. The van der Waals surface area contributed by atoms with Crippen LogP contribution in [0.2, 0.25) is 0 Å². The van der Waals surface area contributed by atoms with Crippen LogP contribution in [0, 0.1) is 0 Å². The molecule has 0 aromatic heterocycles. The lowest BCUT2D eigenvalue weighted by Gasteiger charge is -2.11. The van der Waals surface area contributed by atoms with Crippen molar-refractivity contribution in [3.8, 4) is 0 Å². The maximum Gasteiger partial charge on any atom is 0.0266 e. The summed E-state index contributed by atoms with van der Waals surface area (Å²) in [5, 5.41) is 0. The van der Waals surface area contributed by atoms with Crippen LogP contribution in [0.3, 0.4) is 0 Å². The number of aryl methyl sites for hydroxylation is 1. The highest BCUT2D eigenvalue weighted by molar-refractivity contribution is 5.20. The summed E-state index contributed by atoms with van der Waals surface area (Å²) in [6.45, 7) is 4.29. The molecule has 1 nitrogen and oxygen atoms in total. The molecule has 2 atom stereocenters. The van der Waals surface area contributed by atoms with Gasteiger partial charge in [-0.3, -0.25) is 0 Å². The minimum Gasteiger partial charge on any atom is -0.324 e. The van der Waals surface area contributed by atoms with E-state index in [9.17, 15) is 0 Å². The van der Waals surface area contributed by atoms with Crippen LogP contribution in [0.25, 0.3) is 0 Å². The highest BCUT2D eigenvalue weighted by Gasteiger charge is 2.04. The molecule has 0 saturated carbocycles. The van der Waals surface area contributed by atoms with E-state index >= 15 is 0 Å². The second-order valence-corrected chi connectivity index (χ2v) is 6.54. The summed E-state index contributed by atoms with van der Waals surface area (Å²) in [4.78, 5) is 0. The Morgan fingerprint density at radius 1 is 0.640 bits per heavy atom. The van der Waals surface area contributed by atoms with Crippen molar-refractivity contribution in [1.29, 1.82) is 0 Å². The van der Waals surface area contributed by atoms with E-state index in [1.807, 2.05) is 37.3 Å². The fourth-order valence-electron chi connectivity index (χ4n) is 2.73. The first-order valence-corrected chi connectivity index (χ1v) is 9.06. The Kier molecular flexibility index (Phi) is 7.94. The van der Waals surface area contributed by atoms with Gasteiger partial charge in [-0.15, -0.1) is 0 Å². The summed E-state index contributed by atoms with van der Waals surface area (Å²) in [5.74, 6) is 0.640. The lowest BCUT2D eigenvalue weighted by atomic mass is 9.94. The second-order valence-electron chi connectivity index (χ2n) is 6.54. The predicted octanol–water partition coefficient (Wildman–Crippen LogP) is 6.13. The van der Waals surface area contributed by atoms with Gasteiger partial charge in [0, 0.05) is 6.04 Å². The highest BCUT2D eigenvalue weighted by Crippen LogP contribution is 2.20. The topological polar surface area (TPSA) is 26.0 Å². The number of rotatable bonds is 5. The zero-order chi connectivity index (χ0) is 17.9. The first-order chi connectivity index (χ1) is 12.2. The van der Waals surface area contributed by atoms with Gasteiger partial charge in [-0.2, -0.15) is 0 Å². The molecule has 25 heavy (non-hydrogen) atoms. The van der Waals surface area contributed by atoms with E-state index in [2.05, 4.69) is 67.6 Å². The molecule has 3 aromatic rings. The fraction of sp³-hybridized carbons (Fsp3) is 0.250. The van der Waals surface area contributed by atoms with E-state index < -0.39 is 0 Å². The summed E-state index contributed by atoms with van der Waals surface area (Å²) in [6.07, 6.45) is 2.38. The average molecular weight is 332 g/mol. The zero-order valence-electron chi connectivity index (χ0n) is 15.3. The van der Waals surface area contributed by atoms with Gasteiger partial charge < -0.3 is 5.73 Å². The quantitative estimate of drug-likeness (QED) is 0.598. The van der Waals surface area contributed by atoms with Crippen molar-refractivity contribution in [2.45, 2.75) is 38.6 Å². The lowest BCUT2D eigenvalue weighted by Crippen LogP contribution is -2.03. The number of nitrogens with two attached hydrogens (primary N) is 1.